The smallest absolute Gasteiger partial charge is 0.0454 e. The first-order valence-electron chi connectivity index (χ1n) is 6.80. The Morgan fingerprint density at radius 2 is 1.95 bits per heavy atom. The predicted molar refractivity (Wildman–Crippen MR) is 86.4 cm³/mol. The van der Waals surface area contributed by atoms with Crippen molar-refractivity contribution >= 4 is 22.3 Å². The van der Waals surface area contributed by atoms with Crippen LogP contribution in [0.2, 0.25) is 0 Å². The molecule has 20 heavy (non-hydrogen) atoms. The minimum absolute atomic E-state index is 0.831. The molecular weight excluding hydrogens is 246 g/mol. The molecule has 0 saturated heterocycles. The Morgan fingerprint density at radius 3 is 2.80 bits per heavy atom. The molecule has 3 aromatic rings. The van der Waals surface area contributed by atoms with Crippen molar-refractivity contribution in [1.29, 1.82) is 0 Å². The predicted octanol–water partition coefficient (Wildman–Crippen LogP) is 3.85. The first kappa shape index (κ1) is 12.6. The van der Waals surface area contributed by atoms with Gasteiger partial charge in [-0.3, -0.25) is 0 Å². The summed E-state index contributed by atoms with van der Waals surface area (Å²) in [4.78, 5) is 5.32. The zero-order chi connectivity index (χ0) is 13.9. The highest BCUT2D eigenvalue weighted by Gasteiger charge is 2.00. The maximum atomic E-state index is 3.48. The van der Waals surface area contributed by atoms with Crippen LogP contribution in [0.5, 0.6) is 0 Å². The maximum absolute atomic E-state index is 3.48. The topological polar surface area (TPSA) is 31.1 Å². The third kappa shape index (κ3) is 2.62. The molecule has 0 unspecified atom stereocenters. The lowest BCUT2D eigenvalue weighted by molar-refractivity contribution is 1.12. The second kappa shape index (κ2) is 5.29. The molecule has 0 spiro atoms. The van der Waals surface area contributed by atoms with Gasteiger partial charge in [0.1, 0.15) is 0 Å². The molecule has 3 rings (SSSR count). The van der Waals surface area contributed by atoms with E-state index in [1.54, 1.807) is 0 Å². The number of hydrogen-bond donors (Lipinski definition) is 2. The molecule has 0 aliphatic carbocycles. The van der Waals surface area contributed by atoms with Crippen LogP contribution < -0.4 is 10.2 Å². The van der Waals surface area contributed by atoms with E-state index in [-0.39, 0.29) is 0 Å². The fraction of sp³-hybridized carbons (Fsp3) is 0.176. The van der Waals surface area contributed by atoms with Crippen LogP contribution in [0.4, 0.5) is 11.4 Å². The number of H-pyrrole nitrogens is 1. The molecule has 0 fully saturated rings. The molecule has 102 valence electrons. The average molecular weight is 265 g/mol. The third-order valence-corrected chi connectivity index (χ3v) is 3.48. The summed E-state index contributed by atoms with van der Waals surface area (Å²) in [5.74, 6) is 0. The summed E-state index contributed by atoms with van der Waals surface area (Å²) >= 11 is 0. The molecule has 0 amide bonds. The Balaban J connectivity index is 1.73. The van der Waals surface area contributed by atoms with Gasteiger partial charge in [0.2, 0.25) is 0 Å². The van der Waals surface area contributed by atoms with E-state index < -0.39 is 0 Å². The van der Waals surface area contributed by atoms with E-state index in [0.717, 1.165) is 12.2 Å². The Hall–Kier alpha value is -2.42. The van der Waals surface area contributed by atoms with E-state index in [0.29, 0.717) is 0 Å². The standard InChI is InChI=1S/C17H19N3/c1-20(2)16-5-3-4-15(11-16)19-12-13-6-7-17-14(10-13)8-9-18-17/h3-11,18-19H,12H2,1-2H3. The first-order chi connectivity index (χ1) is 9.72. The number of nitrogens with one attached hydrogen (secondary N) is 2. The molecule has 0 saturated carbocycles. The molecule has 2 aromatic carbocycles. The fourth-order valence-corrected chi connectivity index (χ4v) is 2.31. The fourth-order valence-electron chi connectivity index (χ4n) is 2.31. The van der Waals surface area contributed by atoms with Gasteiger partial charge in [0.15, 0.2) is 0 Å². The van der Waals surface area contributed by atoms with Crippen molar-refractivity contribution in [1.82, 2.24) is 4.98 Å². The van der Waals surface area contributed by atoms with Gasteiger partial charge in [-0.05, 0) is 47.3 Å². The number of rotatable bonds is 4. The summed E-state index contributed by atoms with van der Waals surface area (Å²) in [6.45, 7) is 0.831. The molecule has 1 heterocycles. The third-order valence-electron chi connectivity index (χ3n) is 3.48. The molecule has 2 N–H and O–H groups in total. The zero-order valence-corrected chi connectivity index (χ0v) is 11.9. The van der Waals surface area contributed by atoms with Crippen molar-refractivity contribution in [3.8, 4) is 0 Å². The molecule has 0 aliphatic rings. The van der Waals surface area contributed by atoms with Gasteiger partial charge in [0.05, 0.1) is 0 Å². The number of aromatic amines is 1. The van der Waals surface area contributed by atoms with Gasteiger partial charge in [-0.1, -0.05) is 12.1 Å². The van der Waals surface area contributed by atoms with Gasteiger partial charge >= 0.3 is 0 Å². The minimum Gasteiger partial charge on any atom is -0.381 e. The van der Waals surface area contributed by atoms with E-state index in [9.17, 15) is 0 Å². The number of anilines is 2. The Morgan fingerprint density at radius 1 is 1.05 bits per heavy atom. The molecule has 1 aromatic heterocycles. The van der Waals surface area contributed by atoms with Gasteiger partial charge in [-0.2, -0.15) is 0 Å². The van der Waals surface area contributed by atoms with E-state index in [1.807, 2.05) is 6.20 Å². The second-order valence-electron chi connectivity index (χ2n) is 5.20. The number of fused-ring (bicyclic) bond motifs is 1. The molecule has 0 bridgehead atoms. The van der Waals surface area contributed by atoms with Gasteiger partial charge in [-0.25, -0.2) is 0 Å². The minimum atomic E-state index is 0.831. The van der Waals surface area contributed by atoms with Crippen LogP contribution in [0.25, 0.3) is 10.9 Å². The molecule has 0 atom stereocenters. The van der Waals surface area contributed by atoms with Crippen LogP contribution in [0.3, 0.4) is 0 Å². The van der Waals surface area contributed by atoms with Crippen molar-refractivity contribution in [2.24, 2.45) is 0 Å². The van der Waals surface area contributed by atoms with Crippen LogP contribution >= 0.6 is 0 Å². The SMILES string of the molecule is CN(C)c1cccc(NCc2ccc3[nH]ccc3c2)c1. The van der Waals surface area contributed by atoms with Gasteiger partial charge in [-0.15, -0.1) is 0 Å². The van der Waals surface area contributed by atoms with Crippen LogP contribution in [0.15, 0.2) is 54.7 Å². The first-order valence-corrected chi connectivity index (χ1v) is 6.80. The van der Waals surface area contributed by atoms with Crippen LogP contribution in [-0.4, -0.2) is 19.1 Å². The van der Waals surface area contributed by atoms with Gasteiger partial charge < -0.3 is 15.2 Å². The highest BCUT2D eigenvalue weighted by Crippen LogP contribution is 2.19. The van der Waals surface area contributed by atoms with E-state index in [2.05, 4.69) is 77.8 Å². The molecular formula is C17H19N3. The van der Waals surface area contributed by atoms with Gasteiger partial charge in [0.25, 0.3) is 0 Å². The van der Waals surface area contributed by atoms with E-state index in [4.69, 9.17) is 0 Å². The lowest BCUT2D eigenvalue weighted by atomic mass is 10.1. The number of hydrogen-bond acceptors (Lipinski definition) is 2. The Labute approximate surface area is 119 Å². The monoisotopic (exact) mass is 265 g/mol. The quantitative estimate of drug-likeness (QED) is 0.751. The van der Waals surface area contributed by atoms with Crippen LogP contribution in [0.1, 0.15) is 5.56 Å². The highest BCUT2D eigenvalue weighted by molar-refractivity contribution is 5.80. The molecule has 3 nitrogen and oxygen atoms in total. The van der Waals surface area contributed by atoms with Crippen molar-refractivity contribution < 1.29 is 0 Å². The molecule has 0 aliphatic heterocycles. The highest BCUT2D eigenvalue weighted by atomic mass is 15.1. The summed E-state index contributed by atoms with van der Waals surface area (Å²) in [5.41, 5.74) is 4.82. The lowest BCUT2D eigenvalue weighted by Gasteiger charge is -2.14. The summed E-state index contributed by atoms with van der Waals surface area (Å²) < 4.78 is 0. The van der Waals surface area contributed by atoms with Gasteiger partial charge in [0, 0.05) is 43.7 Å². The van der Waals surface area contributed by atoms with Crippen molar-refractivity contribution in [2.45, 2.75) is 6.54 Å². The van der Waals surface area contributed by atoms with Crippen molar-refractivity contribution in [3.63, 3.8) is 0 Å². The maximum Gasteiger partial charge on any atom is 0.0454 e. The lowest BCUT2D eigenvalue weighted by Crippen LogP contribution is -2.09. The molecule has 3 heteroatoms. The van der Waals surface area contributed by atoms with Crippen molar-refractivity contribution in [2.75, 3.05) is 24.3 Å². The van der Waals surface area contributed by atoms with E-state index >= 15 is 0 Å². The Bertz CT molecular complexity index is 713. The number of nitrogens with zero attached hydrogens (tertiary/aromatic N) is 1. The summed E-state index contributed by atoms with van der Waals surface area (Å²) in [5, 5.41) is 4.73. The van der Waals surface area contributed by atoms with E-state index in [1.165, 1.54) is 22.2 Å². The summed E-state index contributed by atoms with van der Waals surface area (Å²) in [6.07, 6.45) is 1.97. The average Bonchev–Trinajstić information content (AvgIpc) is 2.93. The second-order valence-corrected chi connectivity index (χ2v) is 5.20. The summed E-state index contributed by atoms with van der Waals surface area (Å²) in [6, 6.07) is 17.0. The van der Waals surface area contributed by atoms with Crippen molar-refractivity contribution in [3.05, 3.63) is 60.3 Å². The zero-order valence-electron chi connectivity index (χ0n) is 11.9. The van der Waals surface area contributed by atoms with Crippen LogP contribution in [-0.2, 0) is 6.54 Å². The summed E-state index contributed by atoms with van der Waals surface area (Å²) in [7, 11) is 4.11. The largest absolute Gasteiger partial charge is 0.381 e. The number of benzene rings is 2. The van der Waals surface area contributed by atoms with Crippen LogP contribution in [0, 0.1) is 0 Å². The number of aromatic nitrogens is 1. The molecule has 0 radical (unpaired) electrons. The Kier molecular flexibility index (Phi) is 3.33. The normalized spacial score (nSPS) is 10.7.